The van der Waals surface area contributed by atoms with Crippen LogP contribution in [0, 0.1) is 0 Å². The van der Waals surface area contributed by atoms with Gasteiger partial charge in [0.2, 0.25) is 0 Å². The quantitative estimate of drug-likeness (QED) is 0.0739. The van der Waals surface area contributed by atoms with Crippen LogP contribution >= 0.6 is 0 Å². The van der Waals surface area contributed by atoms with E-state index in [1.165, 1.54) is 0 Å². The zero-order valence-electron chi connectivity index (χ0n) is 34.6. The van der Waals surface area contributed by atoms with Crippen molar-refractivity contribution in [3.8, 4) is 0 Å². The normalized spacial score (nSPS) is 26.5. The number of benzene rings is 5. The van der Waals surface area contributed by atoms with Gasteiger partial charge in [0.1, 0.15) is 48.8 Å². The van der Waals surface area contributed by atoms with Crippen LogP contribution in [0.3, 0.4) is 0 Å². The van der Waals surface area contributed by atoms with Crippen LogP contribution in [0.5, 0.6) is 0 Å². The molecule has 0 spiro atoms. The third-order valence-corrected chi connectivity index (χ3v) is 10.7. The molecule has 11 nitrogen and oxygen atoms in total. The molecule has 2 heterocycles. The maximum atomic E-state index is 11.8. The number of aliphatic hydroxyl groups excluding tert-OH is 2. The molecule has 5 aromatic carbocycles. The summed E-state index contributed by atoms with van der Waals surface area (Å²) < 4.78 is 58.7. The highest BCUT2D eigenvalue weighted by Crippen LogP contribution is 2.35. The van der Waals surface area contributed by atoms with Gasteiger partial charge in [0.15, 0.2) is 12.6 Å². The molecule has 0 bridgehead atoms. The molecule has 5 aromatic rings. The van der Waals surface area contributed by atoms with Crippen molar-refractivity contribution in [3.63, 3.8) is 0 Å². The van der Waals surface area contributed by atoms with Gasteiger partial charge in [-0.3, -0.25) is 0 Å². The summed E-state index contributed by atoms with van der Waals surface area (Å²) in [7, 11) is 0. The maximum absolute atomic E-state index is 11.8. The van der Waals surface area contributed by atoms with Gasteiger partial charge in [-0.05, 0) is 34.2 Å². The molecule has 324 valence electrons. The van der Waals surface area contributed by atoms with Crippen LogP contribution in [0.4, 0.5) is 0 Å². The van der Waals surface area contributed by atoms with Crippen LogP contribution < -0.4 is 0 Å². The molecule has 10 atom stereocenters. The number of aliphatic hydroxyl groups is 2. The fourth-order valence-electron chi connectivity index (χ4n) is 7.51. The summed E-state index contributed by atoms with van der Waals surface area (Å²) in [4.78, 5) is 0. The number of ether oxygens (including phenoxy) is 9. The van der Waals surface area contributed by atoms with Crippen molar-refractivity contribution in [1.29, 1.82) is 0 Å². The lowest BCUT2D eigenvalue weighted by molar-refractivity contribution is -0.376. The Morgan fingerprint density at radius 1 is 0.426 bits per heavy atom. The standard InChI is InChI=1S/C50H58O11/c1-2-28-55-45-43(51)41(34-53-29-36-18-8-3-9-19-36)59-49(52)47(45)61-50-48(58-33-40-26-16-7-17-27-40)46(57-32-39-24-14-6-15-25-39)44(56-31-38-22-12-5-13-23-38)42(60-50)35-54-30-37-20-10-4-11-21-37/h3-27,41-52H,2,28-35H2,1H3/t41?,42?,43-,44-,45+,46-,47?,48?,49-,50-/m1/s1. The van der Waals surface area contributed by atoms with Crippen LogP contribution in [-0.4, -0.2) is 91.4 Å². The smallest absolute Gasteiger partial charge is 0.187 e. The second-order valence-corrected chi connectivity index (χ2v) is 15.3. The molecular formula is C50H58O11. The Hall–Kier alpha value is -4.34. The summed E-state index contributed by atoms with van der Waals surface area (Å²) in [6.07, 6.45) is -9.41. The van der Waals surface area contributed by atoms with E-state index < -0.39 is 61.4 Å². The van der Waals surface area contributed by atoms with Crippen LogP contribution in [0.1, 0.15) is 41.2 Å². The first-order chi connectivity index (χ1) is 30.1. The molecule has 0 amide bonds. The van der Waals surface area contributed by atoms with Gasteiger partial charge in [0.05, 0.1) is 46.2 Å². The average Bonchev–Trinajstić information content (AvgIpc) is 3.30. The first-order valence-corrected chi connectivity index (χ1v) is 21.2. The van der Waals surface area contributed by atoms with Crippen molar-refractivity contribution in [2.45, 2.75) is 108 Å². The SMILES string of the molecule is CCCO[C@@H]1C(O[C@H]2OC(COCc3ccccc3)[C@@H](OCc3ccccc3)[C@@H](OCc3ccccc3)C2OCc2ccccc2)[C@H](O)OC(COCc2ccccc2)[C@H]1O. The van der Waals surface area contributed by atoms with Crippen molar-refractivity contribution < 1.29 is 52.8 Å². The topological polar surface area (TPSA) is 124 Å². The molecule has 0 aromatic heterocycles. The van der Waals surface area contributed by atoms with Gasteiger partial charge < -0.3 is 52.8 Å². The van der Waals surface area contributed by atoms with Crippen LogP contribution in [0.2, 0.25) is 0 Å². The summed E-state index contributed by atoms with van der Waals surface area (Å²) in [5.41, 5.74) is 4.84. The van der Waals surface area contributed by atoms with Crippen molar-refractivity contribution in [3.05, 3.63) is 179 Å². The minimum Gasteiger partial charge on any atom is -0.387 e. The predicted molar refractivity (Wildman–Crippen MR) is 228 cm³/mol. The molecule has 0 radical (unpaired) electrons. The molecule has 0 aliphatic carbocycles. The van der Waals surface area contributed by atoms with Crippen LogP contribution in [0.15, 0.2) is 152 Å². The third-order valence-electron chi connectivity index (χ3n) is 10.7. The molecule has 2 fully saturated rings. The Balaban J connectivity index is 1.19. The van der Waals surface area contributed by atoms with Crippen LogP contribution in [0.25, 0.3) is 0 Å². The maximum Gasteiger partial charge on any atom is 0.187 e. The van der Waals surface area contributed by atoms with Crippen molar-refractivity contribution in [1.82, 2.24) is 0 Å². The summed E-state index contributed by atoms with van der Waals surface area (Å²) in [6, 6.07) is 49.2. The first-order valence-electron chi connectivity index (χ1n) is 21.2. The zero-order valence-corrected chi connectivity index (χ0v) is 34.6. The van der Waals surface area contributed by atoms with Crippen molar-refractivity contribution >= 4 is 0 Å². The monoisotopic (exact) mass is 834 g/mol. The summed E-state index contributed by atoms with van der Waals surface area (Å²) in [5.74, 6) is 0. The summed E-state index contributed by atoms with van der Waals surface area (Å²) in [5, 5.41) is 23.5. The fourth-order valence-corrected chi connectivity index (χ4v) is 7.51. The molecule has 7 rings (SSSR count). The lowest BCUT2D eigenvalue weighted by atomic mass is 9.96. The van der Waals surface area contributed by atoms with E-state index in [4.69, 9.17) is 42.6 Å². The van der Waals surface area contributed by atoms with Gasteiger partial charge >= 0.3 is 0 Å². The lowest BCUT2D eigenvalue weighted by Crippen LogP contribution is -2.66. The number of rotatable bonds is 22. The van der Waals surface area contributed by atoms with Gasteiger partial charge in [-0.2, -0.15) is 0 Å². The van der Waals surface area contributed by atoms with Crippen molar-refractivity contribution in [2.24, 2.45) is 0 Å². The Kier molecular flexibility index (Phi) is 17.4. The summed E-state index contributed by atoms with van der Waals surface area (Å²) >= 11 is 0. The van der Waals surface area contributed by atoms with E-state index in [0.717, 1.165) is 27.8 Å². The predicted octanol–water partition coefficient (Wildman–Crippen LogP) is 7.16. The second kappa shape index (κ2) is 23.8. The van der Waals surface area contributed by atoms with Gasteiger partial charge in [-0.1, -0.05) is 159 Å². The number of hydrogen-bond donors (Lipinski definition) is 2. The van der Waals surface area contributed by atoms with E-state index in [0.29, 0.717) is 26.2 Å². The third kappa shape index (κ3) is 13.1. The van der Waals surface area contributed by atoms with Gasteiger partial charge in [0, 0.05) is 6.61 Å². The molecule has 4 unspecified atom stereocenters. The Bertz CT molecular complexity index is 1920. The molecule has 61 heavy (non-hydrogen) atoms. The Morgan fingerprint density at radius 2 is 0.836 bits per heavy atom. The molecule has 2 aliphatic rings. The Morgan fingerprint density at radius 3 is 1.30 bits per heavy atom. The largest absolute Gasteiger partial charge is 0.387 e. The van der Waals surface area contributed by atoms with E-state index in [9.17, 15) is 10.2 Å². The molecule has 0 saturated carbocycles. The van der Waals surface area contributed by atoms with Gasteiger partial charge in [-0.25, -0.2) is 0 Å². The summed E-state index contributed by atoms with van der Waals surface area (Å²) in [6.45, 7) is 3.78. The highest BCUT2D eigenvalue weighted by molar-refractivity contribution is 5.17. The van der Waals surface area contributed by atoms with Crippen molar-refractivity contribution in [2.75, 3.05) is 19.8 Å². The van der Waals surface area contributed by atoms with E-state index >= 15 is 0 Å². The van der Waals surface area contributed by atoms with Gasteiger partial charge in [-0.15, -0.1) is 0 Å². The van der Waals surface area contributed by atoms with Gasteiger partial charge in [0.25, 0.3) is 0 Å². The lowest BCUT2D eigenvalue weighted by Gasteiger charge is -2.49. The molecular weight excluding hydrogens is 777 g/mol. The molecule has 2 saturated heterocycles. The number of hydrogen-bond acceptors (Lipinski definition) is 11. The highest BCUT2D eigenvalue weighted by atomic mass is 16.8. The fraction of sp³-hybridized carbons (Fsp3) is 0.400. The van der Waals surface area contributed by atoms with E-state index in [1.54, 1.807) is 0 Å². The molecule has 2 N–H and O–H groups in total. The molecule has 11 heteroatoms. The highest BCUT2D eigenvalue weighted by Gasteiger charge is 2.53. The first kappa shape index (κ1) is 44.7. The molecule has 2 aliphatic heterocycles. The average molecular weight is 835 g/mol. The minimum atomic E-state index is -1.52. The minimum absolute atomic E-state index is 0.0191. The Labute approximate surface area is 359 Å². The van der Waals surface area contributed by atoms with E-state index in [1.807, 2.05) is 159 Å². The zero-order chi connectivity index (χ0) is 42.1. The van der Waals surface area contributed by atoms with Crippen LogP contribution in [-0.2, 0) is 75.7 Å². The van der Waals surface area contributed by atoms with E-state index in [2.05, 4.69) is 0 Å². The second-order valence-electron chi connectivity index (χ2n) is 15.3. The van der Waals surface area contributed by atoms with E-state index in [-0.39, 0.29) is 33.0 Å².